The maximum Gasteiger partial charge on any atom is 0.422 e. The number of pyridine rings is 1. The lowest BCUT2D eigenvalue weighted by Gasteiger charge is -2.04. The molecule has 0 saturated carbocycles. The van der Waals surface area contributed by atoms with Crippen molar-refractivity contribution < 1.29 is 9.21 Å². The van der Waals surface area contributed by atoms with Gasteiger partial charge < -0.3 is 4.42 Å². The molecular weight excluding hydrogens is 272 g/mol. The Labute approximate surface area is 118 Å². The van der Waals surface area contributed by atoms with E-state index in [0.717, 1.165) is 4.57 Å². The van der Waals surface area contributed by atoms with Crippen LogP contribution in [-0.2, 0) is 6.54 Å². The summed E-state index contributed by atoms with van der Waals surface area (Å²) >= 11 is 0. The minimum Gasteiger partial charge on any atom is -0.409 e. The third kappa shape index (κ3) is 2.38. The molecule has 104 valence electrons. The van der Waals surface area contributed by atoms with E-state index >= 15 is 0 Å². The number of benzene rings is 1. The number of para-hydroxylation sites is 1. The number of aromatic nitrogens is 2. The molecule has 2 aromatic heterocycles. The molecule has 0 aliphatic heterocycles. The molecule has 0 amide bonds. The average molecular weight is 282 g/mol. The predicted octanol–water partition coefficient (Wildman–Crippen LogP) is 1.23. The van der Waals surface area contributed by atoms with Gasteiger partial charge in [0.05, 0.1) is 11.9 Å². The van der Waals surface area contributed by atoms with Crippen LogP contribution >= 0.6 is 0 Å². The Balaban J connectivity index is 2.08. The third-order valence-corrected chi connectivity index (χ3v) is 3.08. The first-order chi connectivity index (χ1) is 10.2. The molecule has 1 aromatic carbocycles. The Bertz CT molecular complexity index is 926. The highest BCUT2D eigenvalue weighted by atomic mass is 16.4. The van der Waals surface area contributed by atoms with E-state index in [1.54, 1.807) is 18.2 Å². The van der Waals surface area contributed by atoms with Crippen LogP contribution in [0.4, 0.5) is 0 Å². The van der Waals surface area contributed by atoms with E-state index in [-0.39, 0.29) is 23.3 Å². The largest absolute Gasteiger partial charge is 0.422 e. The van der Waals surface area contributed by atoms with Crippen LogP contribution in [0.1, 0.15) is 10.4 Å². The second kappa shape index (κ2) is 5.16. The van der Waals surface area contributed by atoms with Gasteiger partial charge in [0.1, 0.15) is 5.58 Å². The first-order valence-corrected chi connectivity index (χ1v) is 6.23. The molecule has 6 heteroatoms. The quantitative estimate of drug-likeness (QED) is 0.675. The van der Waals surface area contributed by atoms with Gasteiger partial charge in [-0.2, -0.15) is 0 Å². The van der Waals surface area contributed by atoms with Crippen molar-refractivity contribution in [1.82, 2.24) is 9.55 Å². The zero-order valence-electron chi connectivity index (χ0n) is 10.9. The second-order valence-electron chi connectivity index (χ2n) is 4.41. The molecule has 6 nitrogen and oxygen atoms in total. The minimum atomic E-state index is -0.846. The van der Waals surface area contributed by atoms with Gasteiger partial charge in [-0.3, -0.25) is 14.6 Å². The SMILES string of the molecule is O=C(Cn1c(=O)oc2ccccc2c1=O)c1ccncc1. The lowest BCUT2D eigenvalue weighted by Crippen LogP contribution is -2.35. The summed E-state index contributed by atoms with van der Waals surface area (Å²) in [6.45, 7) is -0.365. The summed E-state index contributed by atoms with van der Waals surface area (Å²) < 4.78 is 5.85. The van der Waals surface area contributed by atoms with E-state index in [1.165, 1.54) is 30.6 Å². The van der Waals surface area contributed by atoms with Gasteiger partial charge in [0, 0.05) is 18.0 Å². The maximum atomic E-state index is 12.3. The number of Topliss-reactive ketones (excluding diaryl/α,β-unsaturated/α-hetero) is 1. The van der Waals surface area contributed by atoms with E-state index < -0.39 is 11.3 Å². The Hall–Kier alpha value is -3.02. The van der Waals surface area contributed by atoms with Gasteiger partial charge in [-0.15, -0.1) is 0 Å². The Morgan fingerprint density at radius 2 is 1.81 bits per heavy atom. The molecule has 3 aromatic rings. The van der Waals surface area contributed by atoms with Crippen LogP contribution in [-0.4, -0.2) is 15.3 Å². The maximum absolute atomic E-state index is 12.3. The first-order valence-electron chi connectivity index (χ1n) is 6.23. The average Bonchev–Trinajstić information content (AvgIpc) is 2.52. The summed E-state index contributed by atoms with van der Waals surface area (Å²) in [6.07, 6.45) is 2.94. The van der Waals surface area contributed by atoms with Crippen molar-refractivity contribution in [3.8, 4) is 0 Å². The number of hydrogen-bond donors (Lipinski definition) is 0. The number of carbonyl (C=O) groups excluding carboxylic acids is 1. The summed E-state index contributed by atoms with van der Waals surface area (Å²) in [5.74, 6) is -1.21. The number of fused-ring (bicyclic) bond motifs is 1. The van der Waals surface area contributed by atoms with E-state index in [2.05, 4.69) is 4.98 Å². The third-order valence-electron chi connectivity index (χ3n) is 3.08. The molecule has 2 heterocycles. The number of ketones is 1. The van der Waals surface area contributed by atoms with Crippen molar-refractivity contribution in [2.24, 2.45) is 0 Å². The van der Waals surface area contributed by atoms with Gasteiger partial charge >= 0.3 is 5.76 Å². The van der Waals surface area contributed by atoms with E-state index in [4.69, 9.17) is 4.42 Å². The molecular formula is C15H10N2O4. The summed E-state index contributed by atoms with van der Waals surface area (Å²) in [6, 6.07) is 9.46. The van der Waals surface area contributed by atoms with Gasteiger partial charge in [0.25, 0.3) is 5.56 Å². The van der Waals surface area contributed by atoms with Crippen molar-refractivity contribution in [1.29, 1.82) is 0 Å². The van der Waals surface area contributed by atoms with Crippen LogP contribution in [0.3, 0.4) is 0 Å². The molecule has 0 saturated heterocycles. The van der Waals surface area contributed by atoms with Crippen molar-refractivity contribution in [2.45, 2.75) is 6.54 Å². The molecule has 0 unspecified atom stereocenters. The normalized spacial score (nSPS) is 10.7. The highest BCUT2D eigenvalue weighted by molar-refractivity contribution is 5.95. The zero-order chi connectivity index (χ0) is 14.8. The molecule has 3 rings (SSSR count). The van der Waals surface area contributed by atoms with E-state index in [0.29, 0.717) is 5.56 Å². The molecule has 0 aliphatic carbocycles. The number of hydrogen-bond acceptors (Lipinski definition) is 5. The van der Waals surface area contributed by atoms with E-state index in [9.17, 15) is 14.4 Å². The van der Waals surface area contributed by atoms with Crippen LogP contribution in [0.2, 0.25) is 0 Å². The van der Waals surface area contributed by atoms with Gasteiger partial charge in [-0.1, -0.05) is 12.1 Å². The van der Waals surface area contributed by atoms with Crippen LogP contribution in [0.5, 0.6) is 0 Å². The Morgan fingerprint density at radius 3 is 2.57 bits per heavy atom. The number of rotatable bonds is 3. The van der Waals surface area contributed by atoms with Gasteiger partial charge in [0.2, 0.25) is 0 Å². The van der Waals surface area contributed by atoms with Gasteiger partial charge in [-0.05, 0) is 24.3 Å². The van der Waals surface area contributed by atoms with Crippen molar-refractivity contribution in [3.63, 3.8) is 0 Å². The molecule has 0 fully saturated rings. The highest BCUT2D eigenvalue weighted by Gasteiger charge is 2.13. The predicted molar refractivity (Wildman–Crippen MR) is 75.3 cm³/mol. The van der Waals surface area contributed by atoms with E-state index in [1.807, 2.05) is 0 Å². The fourth-order valence-corrected chi connectivity index (χ4v) is 2.02. The molecule has 0 radical (unpaired) electrons. The van der Waals surface area contributed by atoms with Gasteiger partial charge in [-0.25, -0.2) is 9.36 Å². The molecule has 0 bridgehead atoms. The first kappa shape index (κ1) is 13.0. The molecule has 0 spiro atoms. The standard InChI is InChI=1S/C15H10N2O4/c18-12(10-5-7-16-8-6-10)9-17-14(19)11-3-1-2-4-13(11)21-15(17)20/h1-8H,9H2. The van der Waals surface area contributed by atoms with Crippen molar-refractivity contribution in [2.75, 3.05) is 0 Å². The molecule has 0 aliphatic rings. The van der Waals surface area contributed by atoms with Crippen molar-refractivity contribution in [3.05, 3.63) is 75.3 Å². The molecule has 0 N–H and O–H groups in total. The molecule has 0 atom stereocenters. The fourth-order valence-electron chi connectivity index (χ4n) is 2.02. The Morgan fingerprint density at radius 1 is 1.10 bits per heavy atom. The summed E-state index contributed by atoms with van der Waals surface area (Å²) in [4.78, 5) is 40.0. The van der Waals surface area contributed by atoms with Crippen molar-refractivity contribution >= 4 is 16.8 Å². The minimum absolute atomic E-state index is 0.208. The second-order valence-corrected chi connectivity index (χ2v) is 4.41. The van der Waals surface area contributed by atoms with Crippen LogP contribution in [0, 0.1) is 0 Å². The van der Waals surface area contributed by atoms with Crippen LogP contribution < -0.4 is 11.3 Å². The summed E-state index contributed by atoms with van der Waals surface area (Å²) in [5.41, 5.74) is 0.0498. The molecule has 21 heavy (non-hydrogen) atoms. The topological polar surface area (TPSA) is 82.2 Å². The zero-order valence-corrected chi connectivity index (χ0v) is 10.9. The lowest BCUT2D eigenvalue weighted by atomic mass is 10.2. The van der Waals surface area contributed by atoms with Gasteiger partial charge in [0.15, 0.2) is 5.78 Å². The fraction of sp³-hybridized carbons (Fsp3) is 0.0667. The van der Waals surface area contributed by atoms with Crippen LogP contribution in [0.15, 0.2) is 62.8 Å². The summed E-state index contributed by atoms with van der Waals surface area (Å²) in [7, 11) is 0. The monoisotopic (exact) mass is 282 g/mol. The summed E-state index contributed by atoms with van der Waals surface area (Å²) in [5, 5.41) is 0.264. The highest BCUT2D eigenvalue weighted by Crippen LogP contribution is 2.06. The number of nitrogens with zero attached hydrogens (tertiary/aromatic N) is 2. The lowest BCUT2D eigenvalue weighted by molar-refractivity contribution is 0.0966. The number of carbonyl (C=O) groups is 1. The Kier molecular flexibility index (Phi) is 3.19. The van der Waals surface area contributed by atoms with Crippen LogP contribution in [0.25, 0.3) is 11.0 Å². The smallest absolute Gasteiger partial charge is 0.409 e.